The third-order valence-electron chi connectivity index (χ3n) is 3.11. The highest BCUT2D eigenvalue weighted by atomic mass is 35.5. The Kier molecular flexibility index (Phi) is 5.13. The third-order valence-corrected chi connectivity index (χ3v) is 4.49. The van der Waals surface area contributed by atoms with Crippen molar-refractivity contribution >= 4 is 22.9 Å². The first-order chi connectivity index (χ1) is 9.54. The van der Waals surface area contributed by atoms with E-state index in [0.717, 1.165) is 29.5 Å². The molecule has 0 fully saturated rings. The van der Waals surface area contributed by atoms with Crippen LogP contribution < -0.4 is 5.32 Å². The van der Waals surface area contributed by atoms with Gasteiger partial charge in [0.2, 0.25) is 0 Å². The zero-order valence-electron chi connectivity index (χ0n) is 11.3. The predicted molar refractivity (Wildman–Crippen MR) is 80.6 cm³/mol. The SMILES string of the molecule is CCCNC(c1cc(F)c(Cl)cc1F)c1sccc1C. The van der Waals surface area contributed by atoms with E-state index in [4.69, 9.17) is 11.6 Å². The number of aryl methyl sites for hydroxylation is 1. The van der Waals surface area contributed by atoms with E-state index in [1.54, 1.807) is 0 Å². The zero-order chi connectivity index (χ0) is 14.7. The zero-order valence-corrected chi connectivity index (χ0v) is 12.9. The number of halogens is 3. The van der Waals surface area contributed by atoms with Crippen LogP contribution in [0.3, 0.4) is 0 Å². The van der Waals surface area contributed by atoms with Gasteiger partial charge in [0.1, 0.15) is 11.6 Å². The van der Waals surface area contributed by atoms with Crippen molar-refractivity contribution in [2.75, 3.05) is 6.54 Å². The highest BCUT2D eigenvalue weighted by molar-refractivity contribution is 7.10. The minimum Gasteiger partial charge on any atom is -0.305 e. The van der Waals surface area contributed by atoms with E-state index >= 15 is 0 Å². The normalized spacial score (nSPS) is 12.7. The van der Waals surface area contributed by atoms with Gasteiger partial charge in [-0.1, -0.05) is 18.5 Å². The second kappa shape index (κ2) is 6.66. The maximum Gasteiger partial charge on any atom is 0.142 e. The molecule has 0 aliphatic carbocycles. The van der Waals surface area contributed by atoms with E-state index in [2.05, 4.69) is 5.32 Å². The maximum absolute atomic E-state index is 14.1. The Labute approximate surface area is 126 Å². The molecule has 1 atom stereocenters. The second-order valence-electron chi connectivity index (χ2n) is 4.64. The van der Waals surface area contributed by atoms with Gasteiger partial charge in [0.05, 0.1) is 11.1 Å². The molecule has 1 aromatic heterocycles. The van der Waals surface area contributed by atoms with Crippen LogP contribution in [-0.4, -0.2) is 6.54 Å². The van der Waals surface area contributed by atoms with Crippen LogP contribution in [0.25, 0.3) is 0 Å². The summed E-state index contributed by atoms with van der Waals surface area (Å²) < 4.78 is 27.8. The summed E-state index contributed by atoms with van der Waals surface area (Å²) in [5, 5.41) is 5.04. The van der Waals surface area contributed by atoms with Crippen molar-refractivity contribution in [1.82, 2.24) is 5.32 Å². The van der Waals surface area contributed by atoms with Crippen molar-refractivity contribution in [2.45, 2.75) is 26.3 Å². The number of hydrogen-bond acceptors (Lipinski definition) is 2. The lowest BCUT2D eigenvalue weighted by Crippen LogP contribution is -2.24. The molecule has 1 unspecified atom stereocenters. The quantitative estimate of drug-likeness (QED) is 0.759. The summed E-state index contributed by atoms with van der Waals surface area (Å²) in [6.07, 6.45) is 0.915. The van der Waals surface area contributed by atoms with Gasteiger partial charge >= 0.3 is 0 Å². The molecule has 0 radical (unpaired) electrons. The Morgan fingerprint density at radius 3 is 2.65 bits per heavy atom. The Balaban J connectivity index is 2.46. The van der Waals surface area contributed by atoms with Crippen LogP contribution >= 0.6 is 22.9 Å². The molecule has 0 saturated heterocycles. The predicted octanol–water partition coefficient (Wildman–Crippen LogP) is 5.08. The van der Waals surface area contributed by atoms with E-state index < -0.39 is 11.6 Å². The molecule has 1 nitrogen and oxygen atoms in total. The summed E-state index contributed by atoms with van der Waals surface area (Å²) in [4.78, 5) is 0.999. The number of rotatable bonds is 5. The summed E-state index contributed by atoms with van der Waals surface area (Å²) >= 11 is 7.16. The first kappa shape index (κ1) is 15.4. The van der Waals surface area contributed by atoms with E-state index in [1.807, 2.05) is 25.3 Å². The Morgan fingerprint density at radius 1 is 1.30 bits per heavy atom. The van der Waals surface area contributed by atoms with Gasteiger partial charge in [-0.25, -0.2) is 8.78 Å². The van der Waals surface area contributed by atoms with Crippen LogP contribution in [0.4, 0.5) is 8.78 Å². The summed E-state index contributed by atoms with van der Waals surface area (Å²) in [6.45, 7) is 4.73. The Morgan fingerprint density at radius 2 is 2.05 bits per heavy atom. The van der Waals surface area contributed by atoms with Crippen LogP contribution in [0.5, 0.6) is 0 Å². The van der Waals surface area contributed by atoms with Crippen molar-refractivity contribution in [3.05, 3.63) is 56.2 Å². The number of hydrogen-bond donors (Lipinski definition) is 1. The molecule has 0 saturated carbocycles. The minimum absolute atomic E-state index is 0.191. The molecule has 0 spiro atoms. The minimum atomic E-state index is -0.597. The largest absolute Gasteiger partial charge is 0.305 e. The average molecular weight is 316 g/mol. The lowest BCUT2D eigenvalue weighted by Gasteiger charge is -2.20. The van der Waals surface area contributed by atoms with Gasteiger partial charge in [-0.15, -0.1) is 11.3 Å². The monoisotopic (exact) mass is 315 g/mol. The van der Waals surface area contributed by atoms with E-state index in [0.29, 0.717) is 5.56 Å². The van der Waals surface area contributed by atoms with E-state index in [9.17, 15) is 8.78 Å². The summed E-state index contributed by atoms with van der Waals surface area (Å²) in [5.74, 6) is -1.08. The van der Waals surface area contributed by atoms with Crippen LogP contribution in [0.1, 0.15) is 35.4 Å². The average Bonchev–Trinajstić information content (AvgIpc) is 2.82. The molecular weight excluding hydrogens is 300 g/mol. The van der Waals surface area contributed by atoms with Gasteiger partial charge in [0, 0.05) is 10.4 Å². The molecule has 0 aliphatic heterocycles. The third kappa shape index (κ3) is 3.19. The smallest absolute Gasteiger partial charge is 0.142 e. The first-order valence-electron chi connectivity index (χ1n) is 6.46. The molecule has 0 amide bonds. The highest BCUT2D eigenvalue weighted by Crippen LogP contribution is 2.32. The lowest BCUT2D eigenvalue weighted by atomic mass is 10.0. The maximum atomic E-state index is 14.1. The van der Waals surface area contributed by atoms with Gasteiger partial charge in [0.15, 0.2) is 0 Å². The molecule has 20 heavy (non-hydrogen) atoms. The van der Waals surface area contributed by atoms with Crippen molar-refractivity contribution in [3.8, 4) is 0 Å². The van der Waals surface area contributed by atoms with Crippen LogP contribution in [0.15, 0.2) is 23.6 Å². The van der Waals surface area contributed by atoms with E-state index in [-0.39, 0.29) is 11.1 Å². The van der Waals surface area contributed by atoms with Crippen molar-refractivity contribution in [3.63, 3.8) is 0 Å². The van der Waals surface area contributed by atoms with Crippen LogP contribution in [0, 0.1) is 18.6 Å². The molecule has 0 bridgehead atoms. The summed E-state index contributed by atoms with van der Waals surface area (Å²) in [6, 6.07) is 3.85. The van der Waals surface area contributed by atoms with Gasteiger partial charge in [-0.3, -0.25) is 0 Å². The molecule has 108 valence electrons. The fourth-order valence-corrected chi connectivity index (χ4v) is 3.24. The topological polar surface area (TPSA) is 12.0 Å². The van der Waals surface area contributed by atoms with E-state index in [1.165, 1.54) is 17.4 Å². The molecule has 2 aromatic rings. The molecule has 1 N–H and O–H groups in total. The van der Waals surface area contributed by atoms with Gasteiger partial charge in [-0.05, 0) is 49.0 Å². The Bertz CT molecular complexity index is 598. The fourth-order valence-electron chi connectivity index (χ4n) is 2.07. The van der Waals surface area contributed by atoms with Gasteiger partial charge in [-0.2, -0.15) is 0 Å². The molecular formula is C15H16ClF2NS. The molecule has 1 heterocycles. The number of thiophene rings is 1. The van der Waals surface area contributed by atoms with Crippen molar-refractivity contribution < 1.29 is 8.78 Å². The Hall–Kier alpha value is -0.970. The second-order valence-corrected chi connectivity index (χ2v) is 6.00. The number of nitrogens with one attached hydrogen (secondary N) is 1. The lowest BCUT2D eigenvalue weighted by molar-refractivity contribution is 0.538. The standard InChI is InChI=1S/C15H16ClF2NS/c1-3-5-19-14(15-9(2)4-6-20-15)10-7-13(18)11(16)8-12(10)17/h4,6-8,14,19H,3,5H2,1-2H3. The van der Waals surface area contributed by atoms with Crippen molar-refractivity contribution in [2.24, 2.45) is 0 Å². The van der Waals surface area contributed by atoms with Crippen molar-refractivity contribution in [1.29, 1.82) is 0 Å². The molecule has 0 aliphatic rings. The van der Waals surface area contributed by atoms with Gasteiger partial charge in [0.25, 0.3) is 0 Å². The summed E-state index contributed by atoms with van der Waals surface area (Å²) in [5.41, 5.74) is 1.37. The first-order valence-corrected chi connectivity index (χ1v) is 7.72. The highest BCUT2D eigenvalue weighted by Gasteiger charge is 2.22. The van der Waals surface area contributed by atoms with Crippen LogP contribution in [-0.2, 0) is 0 Å². The fraction of sp³-hybridized carbons (Fsp3) is 0.333. The summed E-state index contributed by atoms with van der Waals surface area (Å²) in [7, 11) is 0. The molecule has 1 aromatic carbocycles. The number of benzene rings is 1. The molecule has 2 rings (SSSR count). The molecule has 5 heteroatoms. The van der Waals surface area contributed by atoms with Crippen LogP contribution in [0.2, 0.25) is 5.02 Å². The van der Waals surface area contributed by atoms with Gasteiger partial charge < -0.3 is 5.32 Å².